The molecule has 2 aromatic heterocycles. The molecule has 0 spiro atoms. The summed E-state index contributed by atoms with van der Waals surface area (Å²) < 4.78 is 3.65. The number of para-hydroxylation sites is 1. The highest BCUT2D eigenvalue weighted by molar-refractivity contribution is 8.01. The molecule has 15 heteroatoms. The zero-order chi connectivity index (χ0) is 31.1. The lowest BCUT2D eigenvalue weighted by Crippen LogP contribution is -2.70. The zero-order valence-electron chi connectivity index (χ0n) is 23.4. The average Bonchev–Trinajstić information content (AvgIpc) is 3.45. The Labute approximate surface area is 265 Å². The number of aliphatic carboxylic acids is 1. The molecule has 3 aromatic rings. The number of carboxylic acids is 1. The molecular formula is C29H30N7O5S3+. The zero-order valence-corrected chi connectivity index (χ0v) is 25.9. The lowest BCUT2D eigenvalue weighted by Gasteiger charge is -2.49. The maximum absolute atomic E-state index is 13.0. The van der Waals surface area contributed by atoms with Gasteiger partial charge in [-0.3, -0.25) is 24.3 Å². The summed E-state index contributed by atoms with van der Waals surface area (Å²) in [5.41, 5.74) is 7.03. The number of thioether (sulfide) groups is 2. The van der Waals surface area contributed by atoms with Gasteiger partial charge in [0.1, 0.15) is 17.1 Å². The van der Waals surface area contributed by atoms with Crippen molar-refractivity contribution >= 4 is 75.1 Å². The lowest BCUT2D eigenvalue weighted by atomic mass is 10.0. The van der Waals surface area contributed by atoms with Crippen LogP contribution in [-0.2, 0) is 20.9 Å². The molecule has 2 aliphatic rings. The van der Waals surface area contributed by atoms with Crippen molar-refractivity contribution in [2.24, 2.45) is 10.7 Å². The minimum absolute atomic E-state index is 0.0708. The van der Waals surface area contributed by atoms with Crippen molar-refractivity contribution in [2.75, 3.05) is 24.6 Å². The standard InChI is InChI=1S/C29H29N7O5S3/c30-17-31-10-4-11-32-25(38)18-8-13-35(14-9-18)12-3-5-19-15-42-27-23(26(39)36(27)24(19)28(40)41)34-22(37)16-43-29-33-20-6-1-2-7-21(20)44-29/h1-3,5-9,13-14,17,23,27H,4,10-12,15-16H2,(H4-,30,31,32,34,37,38,40,41)/p+1/b5-3+/t23-,27-/m1/s1. The number of carbonyl (C=O) groups excluding carboxylic acids is 3. The number of β-lactam (4-membered cyclic amide) rings is 1. The number of pyridine rings is 1. The molecule has 12 nitrogen and oxygen atoms in total. The van der Waals surface area contributed by atoms with Gasteiger partial charge in [-0.25, -0.2) is 14.3 Å². The fourth-order valence-electron chi connectivity index (χ4n) is 4.62. The molecule has 228 valence electrons. The Morgan fingerprint density at radius 1 is 1.23 bits per heavy atom. The predicted molar refractivity (Wildman–Crippen MR) is 170 cm³/mol. The van der Waals surface area contributed by atoms with Gasteiger partial charge in [-0.2, -0.15) is 0 Å². The van der Waals surface area contributed by atoms with Gasteiger partial charge in [0, 0.05) is 31.0 Å². The van der Waals surface area contributed by atoms with Crippen molar-refractivity contribution in [1.82, 2.24) is 20.5 Å². The Balaban J connectivity index is 1.13. The van der Waals surface area contributed by atoms with Crippen molar-refractivity contribution in [3.63, 3.8) is 0 Å². The summed E-state index contributed by atoms with van der Waals surface area (Å²) in [4.78, 5) is 59.8. The first kappa shape index (κ1) is 31.2. The Kier molecular flexibility index (Phi) is 10.3. The molecule has 1 fully saturated rings. The van der Waals surface area contributed by atoms with Crippen LogP contribution in [0.1, 0.15) is 16.8 Å². The van der Waals surface area contributed by atoms with Gasteiger partial charge < -0.3 is 21.5 Å². The number of amides is 3. The summed E-state index contributed by atoms with van der Waals surface area (Å²) in [5, 5.41) is 15.1. The van der Waals surface area contributed by atoms with Gasteiger partial charge in [-0.15, -0.1) is 23.1 Å². The van der Waals surface area contributed by atoms with E-state index in [0.29, 0.717) is 42.9 Å². The maximum Gasteiger partial charge on any atom is 0.352 e. The SMILES string of the molecule is NC=NCCCNC(=O)c1cc[n+](C/C=C/C2=C(C(=O)O)N3C(=O)[C@@H](NC(=O)CSc4nc5ccccc5s4)[C@H]3SC2)cc1. The fraction of sp³-hybridized carbons (Fsp3) is 0.276. The predicted octanol–water partition coefficient (Wildman–Crippen LogP) is 1.78. The smallest absolute Gasteiger partial charge is 0.352 e. The van der Waals surface area contributed by atoms with Gasteiger partial charge in [0.15, 0.2) is 23.3 Å². The first-order valence-electron chi connectivity index (χ1n) is 13.7. The lowest BCUT2D eigenvalue weighted by molar-refractivity contribution is -0.687. The number of hydrogen-bond acceptors (Lipinski definition) is 9. The van der Waals surface area contributed by atoms with Gasteiger partial charge in [-0.05, 0) is 30.2 Å². The molecule has 0 unspecified atom stereocenters. The number of rotatable bonds is 13. The summed E-state index contributed by atoms with van der Waals surface area (Å²) in [5.74, 6) is -1.66. The summed E-state index contributed by atoms with van der Waals surface area (Å²) in [6.07, 6.45) is 8.96. The van der Waals surface area contributed by atoms with Crippen molar-refractivity contribution in [2.45, 2.75) is 28.7 Å². The van der Waals surface area contributed by atoms with Crippen molar-refractivity contribution in [1.29, 1.82) is 0 Å². The Hall–Kier alpha value is -4.21. The molecule has 2 aliphatic heterocycles. The van der Waals surface area contributed by atoms with Crippen LogP contribution >= 0.6 is 34.9 Å². The number of fused-ring (bicyclic) bond motifs is 2. The van der Waals surface area contributed by atoms with Gasteiger partial charge in [0.25, 0.3) is 11.8 Å². The Bertz CT molecular complexity index is 1620. The number of aliphatic imine (C=N–C) groups is 1. The monoisotopic (exact) mass is 652 g/mol. The third-order valence-electron chi connectivity index (χ3n) is 6.76. The Morgan fingerprint density at radius 3 is 2.77 bits per heavy atom. The van der Waals surface area contributed by atoms with Crippen LogP contribution in [0.5, 0.6) is 0 Å². The molecule has 1 aromatic carbocycles. The van der Waals surface area contributed by atoms with E-state index in [2.05, 4.69) is 20.6 Å². The van der Waals surface area contributed by atoms with Gasteiger partial charge >= 0.3 is 5.97 Å². The molecule has 1 saturated heterocycles. The highest BCUT2D eigenvalue weighted by Crippen LogP contribution is 2.40. The first-order chi connectivity index (χ1) is 21.4. The largest absolute Gasteiger partial charge is 0.477 e. The topological polar surface area (TPSA) is 171 Å². The van der Waals surface area contributed by atoms with Crippen LogP contribution < -0.4 is 20.9 Å². The molecule has 2 atom stereocenters. The second-order valence-corrected chi connectivity index (χ2v) is 13.1. The van der Waals surface area contributed by atoms with E-state index in [-0.39, 0.29) is 23.3 Å². The molecule has 44 heavy (non-hydrogen) atoms. The molecule has 0 bridgehead atoms. The molecule has 3 amide bonds. The van der Waals surface area contributed by atoms with Crippen LogP contribution in [0.15, 0.2) is 81.5 Å². The van der Waals surface area contributed by atoms with E-state index in [9.17, 15) is 24.3 Å². The average molecular weight is 653 g/mol. The van der Waals surface area contributed by atoms with Crippen molar-refractivity contribution in [3.05, 3.63) is 77.8 Å². The summed E-state index contributed by atoms with van der Waals surface area (Å²) in [7, 11) is 0. The molecular weight excluding hydrogens is 623 g/mol. The molecule has 0 radical (unpaired) electrons. The van der Waals surface area contributed by atoms with E-state index in [1.54, 1.807) is 36.7 Å². The number of aromatic nitrogens is 2. The normalized spacial score (nSPS) is 18.1. The first-order valence-corrected chi connectivity index (χ1v) is 16.5. The highest BCUT2D eigenvalue weighted by atomic mass is 32.2. The number of nitrogens with two attached hydrogens (primary N) is 1. The molecule has 0 saturated carbocycles. The van der Waals surface area contributed by atoms with E-state index < -0.39 is 23.3 Å². The summed E-state index contributed by atoms with van der Waals surface area (Å²) in [6.45, 7) is 1.47. The number of carboxylic acid groups (broad SMARTS) is 1. The number of nitrogens with one attached hydrogen (secondary N) is 2. The van der Waals surface area contributed by atoms with Crippen LogP contribution in [-0.4, -0.2) is 81.0 Å². The van der Waals surface area contributed by atoms with Crippen LogP contribution in [0.25, 0.3) is 10.2 Å². The third kappa shape index (κ3) is 7.29. The fourth-order valence-corrected chi connectivity index (χ4v) is 7.82. The van der Waals surface area contributed by atoms with Crippen LogP contribution in [0.2, 0.25) is 0 Å². The molecule has 0 aliphatic carbocycles. The van der Waals surface area contributed by atoms with Crippen molar-refractivity contribution in [3.8, 4) is 0 Å². The second-order valence-electron chi connectivity index (χ2n) is 9.72. The Morgan fingerprint density at radius 2 is 2.02 bits per heavy atom. The maximum atomic E-state index is 13.0. The molecule has 4 heterocycles. The van der Waals surface area contributed by atoms with Crippen LogP contribution in [0.3, 0.4) is 0 Å². The highest BCUT2D eigenvalue weighted by Gasteiger charge is 2.53. The van der Waals surface area contributed by atoms with E-state index in [0.717, 1.165) is 14.6 Å². The summed E-state index contributed by atoms with van der Waals surface area (Å²) >= 11 is 4.22. The summed E-state index contributed by atoms with van der Waals surface area (Å²) in [6, 6.07) is 10.4. The number of thiazole rings is 1. The minimum Gasteiger partial charge on any atom is -0.477 e. The quantitative estimate of drug-likeness (QED) is 0.0537. The van der Waals surface area contributed by atoms with Gasteiger partial charge in [0.2, 0.25) is 5.91 Å². The van der Waals surface area contributed by atoms with Crippen LogP contribution in [0.4, 0.5) is 0 Å². The number of allylic oxidation sites excluding steroid dienone is 2. The molecule has 5 rings (SSSR count). The minimum atomic E-state index is -1.20. The van der Waals surface area contributed by atoms with E-state index in [1.165, 1.54) is 46.1 Å². The van der Waals surface area contributed by atoms with Gasteiger partial charge in [0.05, 0.1) is 27.9 Å². The molecule has 5 N–H and O–H groups in total. The number of benzene rings is 1. The number of carbonyl (C=O) groups is 4. The third-order valence-corrected chi connectivity index (χ3v) is 10.2. The van der Waals surface area contributed by atoms with E-state index in [1.807, 2.05) is 28.8 Å². The number of nitrogens with zero attached hydrogens (tertiary/aromatic N) is 4. The van der Waals surface area contributed by atoms with Gasteiger partial charge in [-0.1, -0.05) is 30.0 Å². The van der Waals surface area contributed by atoms with E-state index in [4.69, 9.17) is 5.73 Å². The number of hydrogen-bond donors (Lipinski definition) is 4. The van der Waals surface area contributed by atoms with E-state index >= 15 is 0 Å². The van der Waals surface area contributed by atoms with Crippen molar-refractivity contribution < 1.29 is 28.9 Å². The van der Waals surface area contributed by atoms with Crippen LogP contribution in [0, 0.1) is 0 Å². The second kappa shape index (κ2) is 14.5.